The molecule has 0 aliphatic carbocycles. The predicted molar refractivity (Wildman–Crippen MR) is 76.8 cm³/mol. The molecule has 2 rings (SSSR count). The third-order valence-electron chi connectivity index (χ3n) is 2.31. The van der Waals surface area contributed by atoms with Crippen LogP contribution in [0.5, 0.6) is 11.6 Å². The molecule has 0 N–H and O–H groups in total. The van der Waals surface area contributed by atoms with Gasteiger partial charge >= 0.3 is 0 Å². The van der Waals surface area contributed by atoms with Gasteiger partial charge in [0.15, 0.2) is 5.75 Å². The van der Waals surface area contributed by atoms with Gasteiger partial charge in [-0.3, -0.25) is 20.2 Å². The van der Waals surface area contributed by atoms with Crippen LogP contribution in [0.15, 0.2) is 34.8 Å². The van der Waals surface area contributed by atoms with E-state index in [0.29, 0.717) is 4.47 Å². The molecular formula is C11H5BrClN3O5. The van der Waals surface area contributed by atoms with Crippen LogP contribution in [0.2, 0.25) is 5.15 Å². The second-order valence-corrected chi connectivity index (χ2v) is 4.96. The highest BCUT2D eigenvalue weighted by Gasteiger charge is 2.15. The van der Waals surface area contributed by atoms with Crippen molar-refractivity contribution in [3.8, 4) is 11.6 Å². The normalized spacial score (nSPS) is 10.2. The van der Waals surface area contributed by atoms with Gasteiger partial charge < -0.3 is 4.74 Å². The number of benzene rings is 1. The van der Waals surface area contributed by atoms with Gasteiger partial charge in [-0.25, -0.2) is 4.98 Å². The molecule has 0 aliphatic heterocycles. The summed E-state index contributed by atoms with van der Waals surface area (Å²) in [5.74, 6) is -0.0522. The van der Waals surface area contributed by atoms with Crippen molar-refractivity contribution in [1.29, 1.82) is 0 Å². The minimum atomic E-state index is -0.650. The molecular weight excluding hydrogens is 369 g/mol. The number of aromatic nitrogens is 1. The fourth-order valence-electron chi connectivity index (χ4n) is 1.41. The topological polar surface area (TPSA) is 108 Å². The number of hydrogen-bond donors (Lipinski definition) is 0. The van der Waals surface area contributed by atoms with Gasteiger partial charge in [-0.1, -0.05) is 11.6 Å². The number of hydrogen-bond acceptors (Lipinski definition) is 6. The number of nitrogens with zero attached hydrogens (tertiary/aromatic N) is 3. The molecule has 2 aromatic rings. The lowest BCUT2D eigenvalue weighted by Gasteiger charge is -2.07. The van der Waals surface area contributed by atoms with E-state index in [9.17, 15) is 20.2 Å². The lowest BCUT2D eigenvalue weighted by molar-refractivity contribution is -0.385. The van der Waals surface area contributed by atoms with Crippen LogP contribution in [0, 0.1) is 20.2 Å². The van der Waals surface area contributed by atoms with E-state index in [2.05, 4.69) is 20.9 Å². The molecule has 0 radical (unpaired) electrons. The van der Waals surface area contributed by atoms with Crippen LogP contribution in [0.1, 0.15) is 0 Å². The van der Waals surface area contributed by atoms with Crippen molar-refractivity contribution in [3.63, 3.8) is 0 Å². The first-order valence-electron chi connectivity index (χ1n) is 5.30. The maximum atomic E-state index is 10.7. The minimum Gasteiger partial charge on any atom is -0.437 e. The number of non-ortho nitro benzene ring substituents is 1. The van der Waals surface area contributed by atoms with Gasteiger partial charge in [-0.2, -0.15) is 0 Å². The average molecular weight is 375 g/mol. The summed E-state index contributed by atoms with van der Waals surface area (Å²) >= 11 is 8.83. The van der Waals surface area contributed by atoms with Crippen molar-refractivity contribution in [3.05, 3.63) is 60.2 Å². The van der Waals surface area contributed by atoms with Crippen molar-refractivity contribution in [2.75, 3.05) is 0 Å². The number of ether oxygens (including phenoxy) is 1. The molecule has 1 heterocycles. The largest absolute Gasteiger partial charge is 0.437 e. The fourth-order valence-corrected chi connectivity index (χ4v) is 1.94. The van der Waals surface area contributed by atoms with Gasteiger partial charge in [0.05, 0.1) is 32.5 Å². The maximum Gasteiger partial charge on any atom is 0.277 e. The van der Waals surface area contributed by atoms with E-state index in [1.54, 1.807) is 0 Å². The van der Waals surface area contributed by atoms with Gasteiger partial charge in [-0.05, 0) is 22.0 Å². The Labute approximate surface area is 130 Å². The van der Waals surface area contributed by atoms with Gasteiger partial charge in [0.25, 0.3) is 11.4 Å². The smallest absolute Gasteiger partial charge is 0.277 e. The lowest BCUT2D eigenvalue weighted by atomic mass is 10.3. The molecule has 0 aliphatic rings. The van der Waals surface area contributed by atoms with Crippen LogP contribution in [0.3, 0.4) is 0 Å². The highest BCUT2D eigenvalue weighted by Crippen LogP contribution is 2.33. The van der Waals surface area contributed by atoms with Gasteiger partial charge in [0.1, 0.15) is 5.15 Å². The molecule has 1 aromatic carbocycles. The zero-order chi connectivity index (χ0) is 15.6. The Morgan fingerprint density at radius 1 is 1.10 bits per heavy atom. The summed E-state index contributed by atoms with van der Waals surface area (Å²) in [4.78, 5) is 24.0. The summed E-state index contributed by atoms with van der Waals surface area (Å²) in [7, 11) is 0. The van der Waals surface area contributed by atoms with E-state index in [-0.39, 0.29) is 28.2 Å². The van der Waals surface area contributed by atoms with E-state index in [1.165, 1.54) is 18.2 Å². The van der Waals surface area contributed by atoms with Crippen molar-refractivity contribution in [2.24, 2.45) is 0 Å². The van der Waals surface area contributed by atoms with Crippen molar-refractivity contribution >= 4 is 38.9 Å². The Morgan fingerprint density at radius 3 is 2.38 bits per heavy atom. The minimum absolute atomic E-state index is 0.0910. The Morgan fingerprint density at radius 2 is 1.76 bits per heavy atom. The Hall–Kier alpha value is -2.26. The van der Waals surface area contributed by atoms with Crippen molar-refractivity contribution in [1.82, 2.24) is 4.98 Å². The standard InChI is InChI=1S/C11H5BrClN3O5/c12-8-2-1-6(15(17)18)3-9(8)21-11-5-7(16(19)20)4-10(13)14-11/h1-5H. The highest BCUT2D eigenvalue weighted by atomic mass is 79.9. The molecule has 0 saturated carbocycles. The molecule has 8 nitrogen and oxygen atoms in total. The van der Waals surface area contributed by atoms with Crippen LogP contribution in [0.4, 0.5) is 11.4 Å². The van der Waals surface area contributed by atoms with Crippen LogP contribution < -0.4 is 4.74 Å². The van der Waals surface area contributed by atoms with E-state index in [4.69, 9.17) is 16.3 Å². The third-order valence-corrected chi connectivity index (χ3v) is 3.16. The van der Waals surface area contributed by atoms with Gasteiger partial charge in [0, 0.05) is 6.07 Å². The Kier molecular flexibility index (Phi) is 4.34. The zero-order valence-corrected chi connectivity index (χ0v) is 12.4. The third kappa shape index (κ3) is 3.64. The number of rotatable bonds is 4. The highest BCUT2D eigenvalue weighted by molar-refractivity contribution is 9.10. The van der Waals surface area contributed by atoms with Gasteiger partial charge in [0.2, 0.25) is 5.88 Å². The first-order chi connectivity index (χ1) is 9.86. The second kappa shape index (κ2) is 6.02. The predicted octanol–water partition coefficient (Wildman–Crippen LogP) is 4.11. The first kappa shape index (κ1) is 15.1. The summed E-state index contributed by atoms with van der Waals surface area (Å²) in [6, 6.07) is 6.00. The molecule has 21 heavy (non-hydrogen) atoms. The lowest BCUT2D eigenvalue weighted by Crippen LogP contribution is -1.95. The molecule has 0 bridgehead atoms. The van der Waals surface area contributed by atoms with Crippen LogP contribution in [0.25, 0.3) is 0 Å². The monoisotopic (exact) mass is 373 g/mol. The van der Waals surface area contributed by atoms with Crippen LogP contribution >= 0.6 is 27.5 Å². The molecule has 10 heteroatoms. The summed E-state index contributed by atoms with van der Waals surface area (Å²) in [5.41, 5.74) is -0.490. The number of nitro groups is 2. The van der Waals surface area contributed by atoms with Gasteiger partial charge in [-0.15, -0.1) is 0 Å². The number of pyridine rings is 1. The quantitative estimate of drug-likeness (QED) is 0.453. The van der Waals surface area contributed by atoms with Crippen molar-refractivity contribution in [2.45, 2.75) is 0 Å². The number of nitro benzene ring substituents is 1. The summed E-state index contributed by atoms with van der Waals surface area (Å²) in [6.07, 6.45) is 0. The fraction of sp³-hybridized carbons (Fsp3) is 0. The van der Waals surface area contributed by atoms with Crippen molar-refractivity contribution < 1.29 is 14.6 Å². The van der Waals surface area contributed by atoms with Crippen LogP contribution in [-0.4, -0.2) is 14.8 Å². The second-order valence-electron chi connectivity index (χ2n) is 3.72. The molecule has 108 valence electrons. The summed E-state index contributed by atoms with van der Waals surface area (Å²) in [5, 5.41) is 21.3. The Bertz CT molecular complexity index is 740. The molecule has 0 spiro atoms. The molecule has 0 fully saturated rings. The Balaban J connectivity index is 2.40. The average Bonchev–Trinajstić information content (AvgIpc) is 2.40. The van der Waals surface area contributed by atoms with E-state index < -0.39 is 9.85 Å². The first-order valence-corrected chi connectivity index (χ1v) is 6.47. The van der Waals surface area contributed by atoms with E-state index in [0.717, 1.165) is 12.1 Å². The molecule has 0 saturated heterocycles. The zero-order valence-electron chi connectivity index (χ0n) is 10.0. The summed E-state index contributed by atoms with van der Waals surface area (Å²) < 4.78 is 5.75. The molecule has 0 atom stereocenters. The maximum absolute atomic E-state index is 10.7. The van der Waals surface area contributed by atoms with E-state index in [1.807, 2.05) is 0 Å². The summed E-state index contributed by atoms with van der Waals surface area (Å²) in [6.45, 7) is 0. The van der Waals surface area contributed by atoms with Crippen LogP contribution in [-0.2, 0) is 0 Å². The molecule has 1 aromatic heterocycles. The molecule has 0 unspecified atom stereocenters. The SMILES string of the molecule is O=[N+]([O-])c1cc(Cl)nc(Oc2cc([N+](=O)[O-])ccc2Br)c1. The number of halogens is 2. The van der Waals surface area contributed by atoms with E-state index >= 15 is 0 Å². The molecule has 0 amide bonds.